The lowest BCUT2D eigenvalue weighted by atomic mass is 10.1. The van der Waals surface area contributed by atoms with Crippen LogP contribution in [0.2, 0.25) is 0 Å². The Bertz CT molecular complexity index is 1190. The predicted octanol–water partition coefficient (Wildman–Crippen LogP) is 4.49. The summed E-state index contributed by atoms with van der Waals surface area (Å²) in [5.41, 5.74) is 3.17. The lowest BCUT2D eigenvalue weighted by Gasteiger charge is -2.18. The molecule has 1 aromatic heterocycles. The van der Waals surface area contributed by atoms with Crippen molar-refractivity contribution in [1.82, 2.24) is 4.98 Å². The largest absolute Gasteiger partial charge is 0.497 e. The zero-order valence-electron chi connectivity index (χ0n) is 17.2. The second-order valence-electron chi connectivity index (χ2n) is 6.81. The molecule has 0 radical (unpaired) electrons. The number of aliphatic imine (C=N–C) groups is 1. The summed E-state index contributed by atoms with van der Waals surface area (Å²) in [4.78, 5) is 34.8. The number of hydrogen-bond donors (Lipinski definition) is 0. The van der Waals surface area contributed by atoms with E-state index in [1.54, 1.807) is 42.8 Å². The number of thiazole rings is 1. The van der Waals surface area contributed by atoms with Gasteiger partial charge in [-0.25, -0.2) is 14.8 Å². The van der Waals surface area contributed by atoms with Crippen LogP contribution in [0.15, 0.2) is 64.6 Å². The summed E-state index contributed by atoms with van der Waals surface area (Å²) in [6, 6.07) is 14.7. The monoisotopic (exact) mass is 433 g/mol. The second-order valence-corrected chi connectivity index (χ2v) is 7.65. The summed E-state index contributed by atoms with van der Waals surface area (Å²) < 4.78 is 10.5. The maximum absolute atomic E-state index is 12.3. The van der Waals surface area contributed by atoms with Crippen LogP contribution in [0.1, 0.15) is 23.7 Å². The fourth-order valence-corrected chi connectivity index (χ4v) is 3.82. The molecule has 0 aliphatic carbocycles. The summed E-state index contributed by atoms with van der Waals surface area (Å²) >= 11 is 1.29. The summed E-state index contributed by atoms with van der Waals surface area (Å²) in [5, 5.41) is 2.24. The molecule has 0 spiro atoms. The number of carbonyl (C=O) groups excluding carboxylic acids is 2. The molecule has 0 saturated carbocycles. The average molecular weight is 433 g/mol. The highest BCUT2D eigenvalue weighted by molar-refractivity contribution is 7.14. The molecule has 156 valence electrons. The van der Waals surface area contributed by atoms with Gasteiger partial charge in [-0.2, -0.15) is 0 Å². The second kappa shape index (κ2) is 8.53. The number of amides is 1. The summed E-state index contributed by atoms with van der Waals surface area (Å²) in [6.45, 7) is 3.45. The lowest BCUT2D eigenvalue weighted by Crippen LogP contribution is -2.22. The van der Waals surface area contributed by atoms with Crippen molar-refractivity contribution in [1.29, 1.82) is 0 Å². The molecule has 0 atom stereocenters. The fraction of sp³-hybridized carbons (Fsp3) is 0.130. The van der Waals surface area contributed by atoms with Gasteiger partial charge in [0.15, 0.2) is 10.8 Å². The molecule has 7 nitrogen and oxygen atoms in total. The minimum atomic E-state index is -0.538. The first-order valence-corrected chi connectivity index (χ1v) is 10.3. The molecule has 1 amide bonds. The Morgan fingerprint density at radius 1 is 1.13 bits per heavy atom. The topological polar surface area (TPSA) is 81.1 Å². The van der Waals surface area contributed by atoms with Crippen LogP contribution in [0.3, 0.4) is 0 Å². The number of aromatic nitrogens is 1. The zero-order valence-corrected chi connectivity index (χ0v) is 18.0. The quantitative estimate of drug-likeness (QED) is 0.437. The van der Waals surface area contributed by atoms with Crippen molar-refractivity contribution in [3.05, 3.63) is 76.4 Å². The van der Waals surface area contributed by atoms with Gasteiger partial charge in [-0.3, -0.25) is 9.69 Å². The first-order chi connectivity index (χ1) is 14.9. The number of hydrogen-bond acceptors (Lipinski definition) is 7. The van der Waals surface area contributed by atoms with Gasteiger partial charge in [-0.1, -0.05) is 17.7 Å². The van der Waals surface area contributed by atoms with Crippen LogP contribution in [0.25, 0.3) is 6.08 Å². The van der Waals surface area contributed by atoms with Gasteiger partial charge in [0.05, 0.1) is 18.5 Å². The van der Waals surface area contributed by atoms with E-state index in [1.165, 1.54) is 23.2 Å². The van der Waals surface area contributed by atoms with Gasteiger partial charge < -0.3 is 9.47 Å². The molecule has 0 fully saturated rings. The number of esters is 1. The lowest BCUT2D eigenvalue weighted by molar-refractivity contribution is -0.130. The molecule has 4 rings (SSSR count). The third-order valence-electron chi connectivity index (χ3n) is 4.55. The number of carbonyl (C=O) groups is 2. The van der Waals surface area contributed by atoms with Gasteiger partial charge in [-0.15, -0.1) is 11.3 Å². The van der Waals surface area contributed by atoms with E-state index >= 15 is 0 Å². The number of anilines is 2. The maximum Gasteiger partial charge on any atom is 0.363 e. The first-order valence-electron chi connectivity index (χ1n) is 9.44. The van der Waals surface area contributed by atoms with E-state index in [9.17, 15) is 9.59 Å². The van der Waals surface area contributed by atoms with Crippen LogP contribution >= 0.6 is 11.3 Å². The fourth-order valence-electron chi connectivity index (χ4n) is 2.97. The van der Waals surface area contributed by atoms with Gasteiger partial charge in [0, 0.05) is 17.9 Å². The van der Waals surface area contributed by atoms with Crippen LogP contribution < -0.4 is 9.64 Å². The van der Waals surface area contributed by atoms with E-state index in [2.05, 4.69) is 9.98 Å². The third kappa shape index (κ3) is 4.39. The Morgan fingerprint density at radius 2 is 1.84 bits per heavy atom. The Morgan fingerprint density at radius 3 is 2.48 bits per heavy atom. The number of benzene rings is 2. The number of ether oxygens (including phenoxy) is 2. The molecular formula is C23H19N3O4S. The minimum Gasteiger partial charge on any atom is -0.497 e. The molecule has 1 aliphatic heterocycles. The van der Waals surface area contributed by atoms with Crippen molar-refractivity contribution in [2.45, 2.75) is 13.8 Å². The molecule has 2 heterocycles. The zero-order chi connectivity index (χ0) is 22.0. The summed E-state index contributed by atoms with van der Waals surface area (Å²) in [6.07, 6.45) is 1.55. The normalized spacial score (nSPS) is 14.4. The molecule has 2 aromatic carbocycles. The number of methoxy groups -OCH3 is 1. The van der Waals surface area contributed by atoms with E-state index in [4.69, 9.17) is 9.47 Å². The van der Waals surface area contributed by atoms with Crippen molar-refractivity contribution < 1.29 is 19.1 Å². The van der Waals surface area contributed by atoms with Gasteiger partial charge in [0.25, 0.3) is 0 Å². The number of cyclic esters (lactones) is 1. The highest BCUT2D eigenvalue weighted by atomic mass is 32.1. The first kappa shape index (κ1) is 20.5. The van der Waals surface area contributed by atoms with Crippen molar-refractivity contribution in [2.24, 2.45) is 4.99 Å². The minimum absolute atomic E-state index is 0.159. The Labute approximate surface area is 183 Å². The van der Waals surface area contributed by atoms with Crippen LogP contribution in [0.5, 0.6) is 5.75 Å². The molecule has 0 bridgehead atoms. The molecule has 0 unspecified atom stereocenters. The van der Waals surface area contributed by atoms with E-state index in [1.807, 2.05) is 31.2 Å². The van der Waals surface area contributed by atoms with Crippen LogP contribution in [-0.2, 0) is 14.3 Å². The van der Waals surface area contributed by atoms with Crippen LogP contribution in [-0.4, -0.2) is 29.9 Å². The Balaban J connectivity index is 1.61. The highest BCUT2D eigenvalue weighted by Crippen LogP contribution is 2.31. The van der Waals surface area contributed by atoms with E-state index in [0.717, 1.165) is 11.1 Å². The van der Waals surface area contributed by atoms with Crippen molar-refractivity contribution in [3.63, 3.8) is 0 Å². The number of nitrogens with zero attached hydrogens (tertiary/aromatic N) is 3. The molecule has 8 heteroatoms. The van der Waals surface area contributed by atoms with E-state index in [-0.39, 0.29) is 17.5 Å². The summed E-state index contributed by atoms with van der Waals surface area (Å²) in [7, 11) is 1.58. The smallest absolute Gasteiger partial charge is 0.363 e. The van der Waals surface area contributed by atoms with Crippen molar-refractivity contribution in [2.75, 3.05) is 12.0 Å². The van der Waals surface area contributed by atoms with E-state index < -0.39 is 5.97 Å². The van der Waals surface area contributed by atoms with Gasteiger partial charge in [-0.05, 0) is 49.4 Å². The number of aryl methyl sites for hydroxylation is 1. The standard InChI is InChI=1S/C23H19N3O4S/c1-14-4-6-16(7-5-14)21-25-20(22(28)30-21)12-17-13-31-23(24-17)26(15(2)27)18-8-10-19(29-3)11-9-18/h4-13H,1-3H3. The molecule has 3 aromatic rings. The van der Waals surface area contributed by atoms with Gasteiger partial charge in [0.2, 0.25) is 11.8 Å². The van der Waals surface area contributed by atoms with Crippen molar-refractivity contribution in [3.8, 4) is 5.75 Å². The van der Waals surface area contributed by atoms with Crippen LogP contribution in [0, 0.1) is 6.92 Å². The average Bonchev–Trinajstić information content (AvgIpc) is 3.36. The number of rotatable bonds is 5. The van der Waals surface area contributed by atoms with Crippen molar-refractivity contribution >= 4 is 46.0 Å². The van der Waals surface area contributed by atoms with E-state index in [0.29, 0.717) is 22.3 Å². The Hall–Kier alpha value is -3.78. The highest BCUT2D eigenvalue weighted by Gasteiger charge is 2.25. The van der Waals surface area contributed by atoms with Crippen LogP contribution in [0.4, 0.5) is 10.8 Å². The van der Waals surface area contributed by atoms with Gasteiger partial charge in [0.1, 0.15) is 5.75 Å². The third-order valence-corrected chi connectivity index (χ3v) is 5.39. The molecular weight excluding hydrogens is 414 g/mol. The molecule has 31 heavy (non-hydrogen) atoms. The SMILES string of the molecule is COc1ccc(N(C(C)=O)c2nc(C=C3N=C(c4ccc(C)cc4)OC3=O)cs2)cc1. The maximum atomic E-state index is 12.3. The van der Waals surface area contributed by atoms with Gasteiger partial charge >= 0.3 is 5.97 Å². The summed E-state index contributed by atoms with van der Waals surface area (Å²) in [5.74, 6) is 0.233. The Kier molecular flexibility index (Phi) is 5.64. The molecule has 1 aliphatic rings. The molecule has 0 saturated heterocycles. The predicted molar refractivity (Wildman–Crippen MR) is 120 cm³/mol. The molecule has 0 N–H and O–H groups in total.